The Kier molecular flexibility index (Phi) is 3.54. The summed E-state index contributed by atoms with van der Waals surface area (Å²) >= 11 is 0. The van der Waals surface area contributed by atoms with Crippen LogP contribution in [0.15, 0.2) is 30.3 Å². The molecule has 1 aliphatic rings. The van der Waals surface area contributed by atoms with Crippen LogP contribution in [0.1, 0.15) is 40.1 Å². The van der Waals surface area contributed by atoms with Gasteiger partial charge in [0.2, 0.25) is 0 Å². The zero-order valence-corrected chi connectivity index (χ0v) is 12.1. The molecule has 0 fully saturated rings. The lowest BCUT2D eigenvalue weighted by atomic mass is 9.96. The maximum Gasteiger partial charge on any atom is 0.410 e. The standard InChI is InChI=1S/C15H14F3N3O2/c1-8-2-4-9(5-3-8)10-6-12(15(16,17)18)21-13(19-10)7-11(20-21)14(22)23/h2-5,7,10,12,19H,6H2,1H3,(H,22,23)/p-1/t10-,12-/m0/s1. The summed E-state index contributed by atoms with van der Waals surface area (Å²) in [5.41, 5.74) is 1.18. The Balaban J connectivity index is 2.01. The molecule has 1 aromatic carbocycles. The molecule has 0 unspecified atom stereocenters. The molecule has 0 spiro atoms. The quantitative estimate of drug-likeness (QED) is 0.919. The number of carbonyl (C=O) groups is 1. The Bertz CT molecular complexity index is 737. The molecule has 1 aliphatic heterocycles. The third-order valence-electron chi connectivity index (χ3n) is 3.88. The van der Waals surface area contributed by atoms with Crippen LogP contribution in [0.2, 0.25) is 0 Å². The van der Waals surface area contributed by atoms with Crippen LogP contribution in [-0.2, 0) is 0 Å². The van der Waals surface area contributed by atoms with Crippen LogP contribution >= 0.6 is 0 Å². The van der Waals surface area contributed by atoms with Crippen LogP contribution in [0.25, 0.3) is 0 Å². The van der Waals surface area contributed by atoms with Crippen molar-refractivity contribution in [3.05, 3.63) is 47.2 Å². The highest BCUT2D eigenvalue weighted by atomic mass is 19.4. The summed E-state index contributed by atoms with van der Waals surface area (Å²) in [6, 6.07) is 5.74. The molecule has 3 rings (SSSR count). The molecule has 2 atom stereocenters. The summed E-state index contributed by atoms with van der Waals surface area (Å²) in [7, 11) is 0. The highest BCUT2D eigenvalue weighted by Gasteiger charge is 2.46. The van der Waals surface area contributed by atoms with Crippen LogP contribution in [-0.4, -0.2) is 21.9 Å². The molecule has 0 amide bonds. The number of aromatic carboxylic acids is 1. The molecule has 0 aliphatic carbocycles. The minimum absolute atomic E-state index is 0.0170. The number of hydrogen-bond acceptors (Lipinski definition) is 4. The van der Waals surface area contributed by atoms with Crippen LogP contribution < -0.4 is 10.4 Å². The second kappa shape index (κ2) is 5.29. The summed E-state index contributed by atoms with van der Waals surface area (Å²) in [4.78, 5) is 10.9. The van der Waals surface area contributed by atoms with E-state index in [4.69, 9.17) is 0 Å². The Morgan fingerprint density at radius 3 is 2.57 bits per heavy atom. The summed E-state index contributed by atoms with van der Waals surface area (Å²) < 4.78 is 40.7. The molecule has 5 nitrogen and oxygen atoms in total. The first kappa shape index (κ1) is 15.4. The van der Waals surface area contributed by atoms with E-state index >= 15 is 0 Å². The lowest BCUT2D eigenvalue weighted by Crippen LogP contribution is -2.35. The van der Waals surface area contributed by atoms with Crippen molar-refractivity contribution in [1.29, 1.82) is 0 Å². The minimum Gasteiger partial charge on any atom is -0.543 e. The average Bonchev–Trinajstić information content (AvgIpc) is 2.90. The number of nitrogens with zero attached hydrogens (tertiary/aromatic N) is 2. The molecule has 122 valence electrons. The monoisotopic (exact) mass is 324 g/mol. The van der Waals surface area contributed by atoms with Crippen molar-refractivity contribution in [3.8, 4) is 0 Å². The number of alkyl halides is 3. The van der Waals surface area contributed by atoms with E-state index in [0.717, 1.165) is 11.6 Å². The first-order valence-corrected chi connectivity index (χ1v) is 6.96. The van der Waals surface area contributed by atoms with Crippen molar-refractivity contribution in [3.63, 3.8) is 0 Å². The van der Waals surface area contributed by atoms with Crippen molar-refractivity contribution in [2.45, 2.75) is 31.6 Å². The largest absolute Gasteiger partial charge is 0.543 e. The summed E-state index contributed by atoms with van der Waals surface area (Å²) in [6.45, 7) is 1.89. The van der Waals surface area contributed by atoms with Gasteiger partial charge in [-0.25, -0.2) is 4.68 Å². The van der Waals surface area contributed by atoms with Gasteiger partial charge in [-0.1, -0.05) is 29.8 Å². The van der Waals surface area contributed by atoms with E-state index in [1.54, 1.807) is 12.1 Å². The van der Waals surface area contributed by atoms with Gasteiger partial charge in [-0.2, -0.15) is 18.3 Å². The van der Waals surface area contributed by atoms with E-state index < -0.39 is 29.9 Å². The van der Waals surface area contributed by atoms with Crippen LogP contribution in [0.4, 0.5) is 19.0 Å². The fraction of sp³-hybridized carbons (Fsp3) is 0.333. The Labute approximate surface area is 129 Å². The maximum absolute atomic E-state index is 13.3. The van der Waals surface area contributed by atoms with E-state index in [2.05, 4.69) is 10.4 Å². The number of halogens is 3. The number of carboxylic acid groups (broad SMARTS) is 1. The maximum atomic E-state index is 13.3. The fourth-order valence-electron chi connectivity index (χ4n) is 2.69. The smallest absolute Gasteiger partial charge is 0.410 e. The zero-order valence-electron chi connectivity index (χ0n) is 12.1. The van der Waals surface area contributed by atoms with E-state index in [1.807, 2.05) is 19.1 Å². The topological polar surface area (TPSA) is 70.0 Å². The molecule has 8 heteroatoms. The van der Waals surface area contributed by atoms with Gasteiger partial charge in [-0.15, -0.1) is 0 Å². The van der Waals surface area contributed by atoms with E-state index in [0.29, 0.717) is 10.2 Å². The number of anilines is 1. The Hall–Kier alpha value is -2.51. The average molecular weight is 324 g/mol. The van der Waals surface area contributed by atoms with E-state index in [-0.39, 0.29) is 12.2 Å². The van der Waals surface area contributed by atoms with Crippen molar-refractivity contribution < 1.29 is 23.1 Å². The number of carboxylic acids is 1. The number of fused-ring (bicyclic) bond motifs is 1. The number of carbonyl (C=O) groups excluding carboxylic acids is 1. The van der Waals surface area contributed by atoms with Crippen molar-refractivity contribution in [2.75, 3.05) is 5.32 Å². The minimum atomic E-state index is -4.53. The van der Waals surface area contributed by atoms with Gasteiger partial charge in [0.1, 0.15) is 11.5 Å². The predicted molar refractivity (Wildman–Crippen MR) is 73.8 cm³/mol. The number of rotatable bonds is 2. The molecule has 0 saturated heterocycles. The van der Waals surface area contributed by atoms with Gasteiger partial charge < -0.3 is 15.2 Å². The molecule has 23 heavy (non-hydrogen) atoms. The molecule has 2 aromatic rings. The summed E-state index contributed by atoms with van der Waals surface area (Å²) in [6.07, 6.45) is -4.80. The Morgan fingerprint density at radius 1 is 1.35 bits per heavy atom. The highest BCUT2D eigenvalue weighted by Crippen LogP contribution is 2.43. The third-order valence-corrected chi connectivity index (χ3v) is 3.88. The van der Waals surface area contributed by atoms with Gasteiger partial charge in [-0.05, 0) is 12.5 Å². The number of hydrogen-bond donors (Lipinski definition) is 1. The number of nitrogens with one attached hydrogen (secondary N) is 1. The van der Waals surface area contributed by atoms with Crippen LogP contribution in [0.5, 0.6) is 0 Å². The van der Waals surface area contributed by atoms with E-state index in [9.17, 15) is 23.1 Å². The van der Waals surface area contributed by atoms with Crippen LogP contribution in [0, 0.1) is 6.92 Å². The number of aryl methyl sites for hydroxylation is 1. The molecule has 2 heterocycles. The van der Waals surface area contributed by atoms with Crippen LogP contribution in [0.3, 0.4) is 0 Å². The van der Waals surface area contributed by atoms with Gasteiger partial charge in [0.15, 0.2) is 6.04 Å². The highest BCUT2D eigenvalue weighted by molar-refractivity contribution is 5.84. The summed E-state index contributed by atoms with van der Waals surface area (Å²) in [5.74, 6) is -1.59. The lowest BCUT2D eigenvalue weighted by molar-refractivity contribution is -0.255. The van der Waals surface area contributed by atoms with Gasteiger partial charge in [0.05, 0.1) is 12.0 Å². The molecular weight excluding hydrogens is 311 g/mol. The van der Waals surface area contributed by atoms with Crippen molar-refractivity contribution in [2.24, 2.45) is 0 Å². The van der Waals surface area contributed by atoms with Crippen molar-refractivity contribution >= 4 is 11.8 Å². The molecule has 0 saturated carbocycles. The molecule has 0 bridgehead atoms. The Morgan fingerprint density at radius 2 is 2.00 bits per heavy atom. The van der Waals surface area contributed by atoms with Crippen molar-refractivity contribution in [1.82, 2.24) is 9.78 Å². The predicted octanol–water partition coefficient (Wildman–Crippen LogP) is 2.22. The zero-order chi connectivity index (χ0) is 16.8. The second-order valence-electron chi connectivity index (χ2n) is 5.55. The first-order chi connectivity index (χ1) is 10.8. The van der Waals surface area contributed by atoms with E-state index in [1.165, 1.54) is 0 Å². The molecule has 1 N–H and O–H groups in total. The molecular formula is C15H13F3N3O2-. The van der Waals surface area contributed by atoms with Gasteiger partial charge in [-0.3, -0.25) is 0 Å². The lowest BCUT2D eigenvalue weighted by Gasteiger charge is -2.33. The number of benzene rings is 1. The summed E-state index contributed by atoms with van der Waals surface area (Å²) in [5, 5.41) is 17.3. The first-order valence-electron chi connectivity index (χ1n) is 6.96. The fourth-order valence-corrected chi connectivity index (χ4v) is 2.69. The van der Waals surface area contributed by atoms with Gasteiger partial charge in [0.25, 0.3) is 0 Å². The van der Waals surface area contributed by atoms with Gasteiger partial charge >= 0.3 is 6.18 Å². The van der Waals surface area contributed by atoms with Gasteiger partial charge in [0, 0.05) is 12.5 Å². The third kappa shape index (κ3) is 2.88. The second-order valence-corrected chi connectivity index (χ2v) is 5.55. The molecule has 1 aromatic heterocycles. The molecule has 0 radical (unpaired) electrons. The number of aromatic nitrogens is 2. The normalized spacial score (nSPS) is 20.7. The SMILES string of the molecule is Cc1ccc([C@@H]2C[C@@H](C(F)(F)F)n3nc(C(=O)[O-])cc3N2)cc1.